The largest absolute Gasteiger partial charge is 0.494 e. The molecular formula is C24H34FIN4O3. The fourth-order valence-corrected chi connectivity index (χ4v) is 4.15. The molecule has 0 radical (unpaired) electrons. The summed E-state index contributed by atoms with van der Waals surface area (Å²) in [6.07, 6.45) is 3.61. The van der Waals surface area contributed by atoms with Crippen molar-refractivity contribution in [2.24, 2.45) is 10.9 Å². The molecule has 9 heteroatoms. The van der Waals surface area contributed by atoms with Crippen LogP contribution in [-0.4, -0.2) is 75.4 Å². The molecule has 2 saturated heterocycles. The number of nitrogens with zero attached hydrogens (tertiary/aromatic N) is 3. The number of hydrogen-bond donors (Lipinski definition) is 1. The van der Waals surface area contributed by atoms with Gasteiger partial charge in [0.15, 0.2) is 17.5 Å². The van der Waals surface area contributed by atoms with Crippen LogP contribution in [0.5, 0.6) is 5.75 Å². The zero-order valence-corrected chi connectivity index (χ0v) is 21.5. The number of ether oxygens (including phenoxy) is 2. The van der Waals surface area contributed by atoms with Gasteiger partial charge in [0.05, 0.1) is 20.0 Å². The predicted molar refractivity (Wildman–Crippen MR) is 137 cm³/mol. The highest BCUT2D eigenvalue weighted by atomic mass is 127. The van der Waals surface area contributed by atoms with E-state index in [0.717, 1.165) is 89.2 Å². The molecule has 0 saturated carbocycles. The Labute approximate surface area is 212 Å². The monoisotopic (exact) mass is 572 g/mol. The molecular weight excluding hydrogens is 538 g/mol. The van der Waals surface area contributed by atoms with Crippen molar-refractivity contribution in [3.8, 4) is 5.75 Å². The van der Waals surface area contributed by atoms with E-state index in [9.17, 15) is 4.39 Å². The second-order valence-corrected chi connectivity index (χ2v) is 8.38. The van der Waals surface area contributed by atoms with E-state index >= 15 is 0 Å². The molecule has 33 heavy (non-hydrogen) atoms. The summed E-state index contributed by atoms with van der Waals surface area (Å²) in [6, 6.07) is 9.10. The Morgan fingerprint density at radius 3 is 2.76 bits per heavy atom. The molecule has 4 rings (SSSR count). The molecule has 1 aromatic carbocycles. The first-order valence-electron chi connectivity index (χ1n) is 11.4. The predicted octanol–water partition coefficient (Wildman–Crippen LogP) is 3.39. The highest BCUT2D eigenvalue weighted by Gasteiger charge is 2.21. The molecule has 0 bridgehead atoms. The van der Waals surface area contributed by atoms with Crippen molar-refractivity contribution in [3.63, 3.8) is 0 Å². The summed E-state index contributed by atoms with van der Waals surface area (Å²) in [5.41, 5.74) is 0.962. The minimum atomic E-state index is -0.310. The summed E-state index contributed by atoms with van der Waals surface area (Å²) in [6.45, 7) is 7.50. The van der Waals surface area contributed by atoms with Gasteiger partial charge in [-0.25, -0.2) is 4.39 Å². The molecule has 1 unspecified atom stereocenters. The van der Waals surface area contributed by atoms with E-state index in [2.05, 4.69) is 15.1 Å². The number of methoxy groups -OCH3 is 1. The van der Waals surface area contributed by atoms with Gasteiger partial charge in [0.25, 0.3) is 0 Å². The summed E-state index contributed by atoms with van der Waals surface area (Å²) in [5.74, 6) is 2.40. The topological polar surface area (TPSA) is 62.5 Å². The number of hydrogen-bond acceptors (Lipinski definition) is 5. The van der Waals surface area contributed by atoms with Gasteiger partial charge in [0.1, 0.15) is 5.76 Å². The summed E-state index contributed by atoms with van der Waals surface area (Å²) in [7, 11) is 1.48. The molecule has 2 fully saturated rings. The van der Waals surface area contributed by atoms with Gasteiger partial charge in [0.2, 0.25) is 0 Å². The molecule has 1 N–H and O–H groups in total. The van der Waals surface area contributed by atoms with E-state index in [-0.39, 0.29) is 35.5 Å². The van der Waals surface area contributed by atoms with E-state index in [4.69, 9.17) is 18.9 Å². The van der Waals surface area contributed by atoms with E-state index < -0.39 is 0 Å². The number of guanidine groups is 1. The molecule has 1 aromatic heterocycles. The maximum absolute atomic E-state index is 14.0. The average Bonchev–Trinajstić information content (AvgIpc) is 3.51. The van der Waals surface area contributed by atoms with Gasteiger partial charge < -0.3 is 24.1 Å². The number of piperazine rings is 1. The van der Waals surface area contributed by atoms with Gasteiger partial charge in [-0.05, 0) is 36.2 Å². The van der Waals surface area contributed by atoms with Crippen molar-refractivity contribution in [2.75, 3.05) is 59.6 Å². The van der Waals surface area contributed by atoms with Crippen molar-refractivity contribution >= 4 is 29.9 Å². The summed E-state index contributed by atoms with van der Waals surface area (Å²) >= 11 is 0. The van der Waals surface area contributed by atoms with Crippen molar-refractivity contribution in [2.45, 2.75) is 19.4 Å². The highest BCUT2D eigenvalue weighted by molar-refractivity contribution is 14.0. The number of halogens is 2. The SMILES string of the molecule is COc1ccc(CN2CCN(C(=NCC3CCOC3)NCCc3ccco3)CC2)cc1F.I. The second kappa shape index (κ2) is 13.1. The molecule has 0 aliphatic carbocycles. The maximum atomic E-state index is 14.0. The lowest BCUT2D eigenvalue weighted by Gasteiger charge is -2.36. The Morgan fingerprint density at radius 2 is 2.09 bits per heavy atom. The van der Waals surface area contributed by atoms with Crippen LogP contribution in [0.15, 0.2) is 46.0 Å². The fraction of sp³-hybridized carbons (Fsp3) is 0.542. The van der Waals surface area contributed by atoms with Gasteiger partial charge >= 0.3 is 0 Å². The number of furan rings is 1. The first-order valence-corrected chi connectivity index (χ1v) is 11.4. The fourth-order valence-electron chi connectivity index (χ4n) is 4.15. The minimum absolute atomic E-state index is 0. The average molecular weight is 572 g/mol. The lowest BCUT2D eigenvalue weighted by molar-refractivity contribution is 0.171. The zero-order valence-electron chi connectivity index (χ0n) is 19.2. The first kappa shape index (κ1) is 25.8. The van der Waals surface area contributed by atoms with Crippen LogP contribution in [0.1, 0.15) is 17.7 Å². The Hall–Kier alpha value is -1.85. The third kappa shape index (κ3) is 7.58. The van der Waals surface area contributed by atoms with Gasteiger partial charge in [0, 0.05) is 64.8 Å². The molecule has 2 aliphatic heterocycles. The summed E-state index contributed by atoms with van der Waals surface area (Å²) in [5, 5.41) is 3.53. The van der Waals surface area contributed by atoms with Crippen LogP contribution in [0.3, 0.4) is 0 Å². The first-order chi connectivity index (χ1) is 15.7. The molecule has 0 spiro atoms. The normalized spacial score (nSPS) is 19.4. The van der Waals surface area contributed by atoms with E-state index in [0.29, 0.717) is 5.92 Å². The number of benzene rings is 1. The standard InChI is InChI=1S/C24H33FN4O3.HI/c1-30-23-5-4-19(15-22(23)25)17-28-9-11-29(12-10-28)24(27-16-20-7-14-31-18-20)26-8-6-21-3-2-13-32-21;/h2-5,13,15,20H,6-12,14,16-18H2,1H3,(H,26,27);1H. The Morgan fingerprint density at radius 1 is 1.24 bits per heavy atom. The van der Waals surface area contributed by atoms with Crippen molar-refractivity contribution < 1.29 is 18.3 Å². The summed E-state index contributed by atoms with van der Waals surface area (Å²) < 4.78 is 30.0. The smallest absolute Gasteiger partial charge is 0.194 e. The number of nitrogens with one attached hydrogen (secondary N) is 1. The number of rotatable bonds is 8. The van der Waals surface area contributed by atoms with E-state index in [1.165, 1.54) is 7.11 Å². The summed E-state index contributed by atoms with van der Waals surface area (Å²) in [4.78, 5) is 9.60. The third-order valence-corrected chi connectivity index (χ3v) is 6.05. The maximum Gasteiger partial charge on any atom is 0.194 e. The highest BCUT2D eigenvalue weighted by Crippen LogP contribution is 2.19. The van der Waals surface area contributed by atoms with Crippen LogP contribution >= 0.6 is 24.0 Å². The van der Waals surface area contributed by atoms with Gasteiger partial charge in [-0.1, -0.05) is 6.07 Å². The molecule has 182 valence electrons. The molecule has 0 amide bonds. The second-order valence-electron chi connectivity index (χ2n) is 8.38. The Kier molecular flexibility index (Phi) is 10.3. The molecule has 3 heterocycles. The van der Waals surface area contributed by atoms with Crippen molar-refractivity contribution in [1.82, 2.24) is 15.1 Å². The van der Waals surface area contributed by atoms with E-state index in [1.54, 1.807) is 18.4 Å². The number of aliphatic imine (C=N–C) groups is 1. The van der Waals surface area contributed by atoms with Crippen LogP contribution in [0.4, 0.5) is 4.39 Å². The van der Waals surface area contributed by atoms with Gasteiger partial charge in [-0.3, -0.25) is 9.89 Å². The van der Waals surface area contributed by atoms with Crippen molar-refractivity contribution in [1.29, 1.82) is 0 Å². The van der Waals surface area contributed by atoms with E-state index in [1.807, 2.05) is 18.2 Å². The van der Waals surface area contributed by atoms with Crippen LogP contribution in [0.2, 0.25) is 0 Å². The third-order valence-electron chi connectivity index (χ3n) is 6.05. The van der Waals surface area contributed by atoms with Crippen molar-refractivity contribution in [3.05, 3.63) is 53.7 Å². The van der Waals surface area contributed by atoms with Gasteiger partial charge in [-0.2, -0.15) is 0 Å². The van der Waals surface area contributed by atoms with Crippen LogP contribution in [0, 0.1) is 11.7 Å². The van der Waals surface area contributed by atoms with Crippen LogP contribution in [-0.2, 0) is 17.7 Å². The molecule has 2 aromatic rings. The van der Waals surface area contributed by atoms with Crippen LogP contribution in [0.25, 0.3) is 0 Å². The lowest BCUT2D eigenvalue weighted by atomic mass is 10.1. The van der Waals surface area contributed by atoms with Gasteiger partial charge in [-0.15, -0.1) is 24.0 Å². The Bertz CT molecular complexity index is 867. The lowest BCUT2D eigenvalue weighted by Crippen LogP contribution is -2.52. The zero-order chi connectivity index (χ0) is 22.2. The Balaban J connectivity index is 0.00000306. The molecule has 1 atom stereocenters. The molecule has 7 nitrogen and oxygen atoms in total. The minimum Gasteiger partial charge on any atom is -0.494 e. The molecule has 2 aliphatic rings. The van der Waals surface area contributed by atoms with Crippen LogP contribution < -0.4 is 10.1 Å². The quantitative estimate of drug-likeness (QED) is 0.298.